The number of methoxy groups -OCH3 is 1. The zero-order valence-electron chi connectivity index (χ0n) is 16.7. The number of hydrogen-bond acceptors (Lipinski definition) is 6. The van der Waals surface area contributed by atoms with Crippen LogP contribution in [-0.2, 0) is 19.1 Å². The van der Waals surface area contributed by atoms with E-state index >= 15 is 0 Å². The van der Waals surface area contributed by atoms with Crippen molar-refractivity contribution in [2.24, 2.45) is 5.92 Å². The molecule has 0 saturated carbocycles. The molecule has 2 unspecified atom stereocenters. The maximum atomic E-state index is 12.5. The highest BCUT2D eigenvalue weighted by Gasteiger charge is 2.27. The zero-order valence-corrected chi connectivity index (χ0v) is 16.7. The smallest absolute Gasteiger partial charge is 0.342 e. The number of benzene rings is 2. The summed E-state index contributed by atoms with van der Waals surface area (Å²) < 4.78 is 15.6. The molecule has 2 aromatic rings. The third-order valence-corrected chi connectivity index (χ3v) is 4.40. The summed E-state index contributed by atoms with van der Waals surface area (Å²) in [6, 6.07) is 14.8. The Morgan fingerprint density at radius 1 is 1.00 bits per heavy atom. The molecule has 0 bridgehead atoms. The molecular weight excluding hydrogens is 374 g/mol. The van der Waals surface area contributed by atoms with Gasteiger partial charge in [-0.3, -0.25) is 4.79 Å². The molecule has 154 valence electrons. The van der Waals surface area contributed by atoms with E-state index in [4.69, 9.17) is 14.2 Å². The van der Waals surface area contributed by atoms with E-state index in [2.05, 4.69) is 5.32 Å². The minimum atomic E-state index is -0.801. The van der Waals surface area contributed by atoms with E-state index in [9.17, 15) is 14.4 Å². The van der Waals surface area contributed by atoms with Crippen molar-refractivity contribution in [3.05, 3.63) is 60.2 Å². The molecule has 0 radical (unpaired) electrons. The molecule has 2 aromatic carbocycles. The molecule has 0 aliphatic rings. The maximum Gasteiger partial charge on any atom is 0.342 e. The van der Waals surface area contributed by atoms with E-state index in [-0.39, 0.29) is 11.5 Å². The molecule has 0 aromatic heterocycles. The van der Waals surface area contributed by atoms with Gasteiger partial charge < -0.3 is 19.5 Å². The van der Waals surface area contributed by atoms with Crippen LogP contribution in [0, 0.1) is 5.92 Å². The van der Waals surface area contributed by atoms with Crippen LogP contribution in [0.4, 0.5) is 0 Å². The van der Waals surface area contributed by atoms with Gasteiger partial charge in [0.25, 0.3) is 5.91 Å². The highest BCUT2D eigenvalue weighted by Crippen LogP contribution is 2.25. The summed E-state index contributed by atoms with van der Waals surface area (Å²) in [6.07, 6.45) is 0.671. The number of amides is 1. The van der Waals surface area contributed by atoms with Crippen molar-refractivity contribution in [2.75, 3.05) is 13.7 Å². The summed E-state index contributed by atoms with van der Waals surface area (Å²) in [4.78, 5) is 36.5. The van der Waals surface area contributed by atoms with Crippen molar-refractivity contribution < 1.29 is 28.6 Å². The van der Waals surface area contributed by atoms with Gasteiger partial charge in [0, 0.05) is 0 Å². The van der Waals surface area contributed by atoms with Gasteiger partial charge in [-0.05, 0) is 30.2 Å². The lowest BCUT2D eigenvalue weighted by Crippen LogP contribution is -2.47. The van der Waals surface area contributed by atoms with Crippen LogP contribution in [0.2, 0.25) is 0 Å². The number of hydrogen-bond donors (Lipinski definition) is 1. The molecular formula is C22H25NO6. The summed E-state index contributed by atoms with van der Waals surface area (Å²) in [6.45, 7) is 3.20. The number of carbonyl (C=O) groups excluding carboxylic acids is 3. The second-order valence-corrected chi connectivity index (χ2v) is 6.44. The normalized spacial score (nSPS) is 12.4. The Labute approximate surface area is 170 Å². The van der Waals surface area contributed by atoms with Crippen LogP contribution >= 0.6 is 0 Å². The number of rotatable bonds is 9. The predicted molar refractivity (Wildman–Crippen MR) is 107 cm³/mol. The van der Waals surface area contributed by atoms with Crippen molar-refractivity contribution in [1.82, 2.24) is 5.32 Å². The summed E-state index contributed by atoms with van der Waals surface area (Å²) in [7, 11) is 1.26. The van der Waals surface area contributed by atoms with Gasteiger partial charge in [-0.1, -0.05) is 50.6 Å². The molecule has 2 atom stereocenters. The first-order valence-corrected chi connectivity index (χ1v) is 9.32. The molecule has 29 heavy (non-hydrogen) atoms. The Balaban J connectivity index is 2.00. The molecule has 7 nitrogen and oxygen atoms in total. The Bertz CT molecular complexity index is 836. The maximum absolute atomic E-state index is 12.5. The lowest BCUT2D eigenvalue weighted by atomic mass is 9.99. The van der Waals surface area contributed by atoms with Crippen molar-refractivity contribution in [3.63, 3.8) is 0 Å². The third-order valence-electron chi connectivity index (χ3n) is 4.40. The zero-order chi connectivity index (χ0) is 21.2. The summed E-state index contributed by atoms with van der Waals surface area (Å²) in [5.41, 5.74) is 0.190. The van der Waals surface area contributed by atoms with Crippen LogP contribution in [0.3, 0.4) is 0 Å². The van der Waals surface area contributed by atoms with E-state index in [1.165, 1.54) is 7.11 Å². The second-order valence-electron chi connectivity index (χ2n) is 6.44. The Morgan fingerprint density at radius 3 is 2.31 bits per heavy atom. The van der Waals surface area contributed by atoms with Gasteiger partial charge in [0.1, 0.15) is 23.1 Å². The molecule has 0 aliphatic carbocycles. The molecule has 0 fully saturated rings. The first kappa shape index (κ1) is 21.9. The first-order chi connectivity index (χ1) is 14.0. The van der Waals surface area contributed by atoms with Crippen LogP contribution in [0.15, 0.2) is 54.6 Å². The van der Waals surface area contributed by atoms with E-state index in [0.29, 0.717) is 17.9 Å². The fourth-order valence-corrected chi connectivity index (χ4v) is 2.56. The van der Waals surface area contributed by atoms with Gasteiger partial charge in [-0.2, -0.15) is 0 Å². The third kappa shape index (κ3) is 6.34. The average molecular weight is 399 g/mol. The molecule has 7 heteroatoms. The Hall–Kier alpha value is -3.35. The van der Waals surface area contributed by atoms with Gasteiger partial charge in [0.15, 0.2) is 6.61 Å². The fraction of sp³-hybridized carbons (Fsp3) is 0.318. The van der Waals surface area contributed by atoms with Crippen LogP contribution < -0.4 is 10.1 Å². The molecule has 1 N–H and O–H groups in total. The van der Waals surface area contributed by atoms with Gasteiger partial charge in [0.05, 0.1) is 7.11 Å². The fourth-order valence-electron chi connectivity index (χ4n) is 2.56. The van der Waals surface area contributed by atoms with E-state index in [0.717, 1.165) is 0 Å². The van der Waals surface area contributed by atoms with Gasteiger partial charge in [0.2, 0.25) is 0 Å². The lowest BCUT2D eigenvalue weighted by Gasteiger charge is -2.21. The molecule has 0 saturated heterocycles. The highest BCUT2D eigenvalue weighted by molar-refractivity contribution is 5.94. The number of ether oxygens (including phenoxy) is 3. The number of esters is 2. The predicted octanol–water partition coefficient (Wildman–Crippen LogP) is 3.34. The Kier molecular flexibility index (Phi) is 8.21. The van der Waals surface area contributed by atoms with Crippen molar-refractivity contribution in [3.8, 4) is 11.5 Å². The van der Waals surface area contributed by atoms with Crippen LogP contribution in [-0.4, -0.2) is 37.6 Å². The number of nitrogens with one attached hydrogen (secondary N) is 1. The molecule has 0 spiro atoms. The van der Waals surface area contributed by atoms with E-state index in [1.807, 2.05) is 32.0 Å². The topological polar surface area (TPSA) is 90.9 Å². The van der Waals surface area contributed by atoms with Crippen molar-refractivity contribution >= 4 is 17.8 Å². The van der Waals surface area contributed by atoms with Gasteiger partial charge in [-0.25, -0.2) is 9.59 Å². The quantitative estimate of drug-likeness (QED) is 0.651. The Morgan fingerprint density at radius 2 is 1.66 bits per heavy atom. The summed E-state index contributed by atoms with van der Waals surface area (Å²) in [5, 5.41) is 2.56. The lowest BCUT2D eigenvalue weighted by molar-refractivity contribution is -0.147. The molecule has 1 amide bonds. The highest BCUT2D eigenvalue weighted by atomic mass is 16.5. The molecule has 2 rings (SSSR count). The van der Waals surface area contributed by atoms with Gasteiger partial charge >= 0.3 is 11.9 Å². The standard InChI is InChI=1S/C22H25NO6/c1-4-15(2)20(22(26)27-3)23-19(24)14-28-21(25)17-12-8-9-13-18(17)29-16-10-6-5-7-11-16/h5-13,15,20H,4,14H2,1-3H3,(H,23,24). The molecule has 0 aliphatic heterocycles. The summed E-state index contributed by atoms with van der Waals surface area (Å²) in [5.74, 6) is -1.07. The van der Waals surface area contributed by atoms with Crippen molar-refractivity contribution in [2.45, 2.75) is 26.3 Å². The van der Waals surface area contributed by atoms with Gasteiger partial charge in [-0.15, -0.1) is 0 Å². The molecule has 0 heterocycles. The minimum Gasteiger partial charge on any atom is -0.467 e. The number of carbonyl (C=O) groups is 3. The van der Waals surface area contributed by atoms with E-state index in [1.54, 1.807) is 36.4 Å². The summed E-state index contributed by atoms with van der Waals surface area (Å²) >= 11 is 0. The van der Waals surface area contributed by atoms with Crippen LogP contribution in [0.5, 0.6) is 11.5 Å². The SMILES string of the molecule is CCC(C)C(NC(=O)COC(=O)c1ccccc1Oc1ccccc1)C(=O)OC. The second kappa shape index (κ2) is 10.8. The van der Waals surface area contributed by atoms with E-state index < -0.39 is 30.5 Å². The minimum absolute atomic E-state index is 0.123. The van der Waals surface area contributed by atoms with Crippen LogP contribution in [0.25, 0.3) is 0 Å². The average Bonchev–Trinajstić information content (AvgIpc) is 2.75. The largest absolute Gasteiger partial charge is 0.467 e. The monoisotopic (exact) mass is 399 g/mol. The number of para-hydroxylation sites is 2. The van der Waals surface area contributed by atoms with Crippen LogP contribution in [0.1, 0.15) is 30.6 Å². The first-order valence-electron chi connectivity index (χ1n) is 9.32. The van der Waals surface area contributed by atoms with Crippen molar-refractivity contribution in [1.29, 1.82) is 0 Å².